The van der Waals surface area contributed by atoms with Crippen LogP contribution in [0.25, 0.3) is 6.08 Å². The van der Waals surface area contributed by atoms with E-state index in [1.54, 1.807) is 0 Å². The normalized spacial score (nSPS) is 12.8. The molecule has 1 aliphatic rings. The van der Waals surface area contributed by atoms with E-state index in [0.29, 0.717) is 25.2 Å². The number of allylic oxidation sites excluding steroid dienone is 1. The van der Waals surface area contributed by atoms with Gasteiger partial charge < -0.3 is 20.5 Å². The van der Waals surface area contributed by atoms with Crippen molar-refractivity contribution in [3.8, 4) is 5.75 Å². The minimum Gasteiger partial charge on any atom is -0.493 e. The van der Waals surface area contributed by atoms with Crippen LogP contribution < -0.4 is 15.4 Å². The van der Waals surface area contributed by atoms with Gasteiger partial charge in [0.25, 0.3) is 0 Å². The molecule has 49 heavy (non-hydrogen) atoms. The van der Waals surface area contributed by atoms with E-state index in [0.717, 1.165) is 60.6 Å². The maximum atomic E-state index is 10.8. The highest BCUT2D eigenvalue weighted by atomic mass is 16.5. The molecule has 5 heteroatoms. The Balaban J connectivity index is 0.000000812. The number of nitrogens with zero attached hydrogens (tertiary/aromatic N) is 1. The van der Waals surface area contributed by atoms with Crippen LogP contribution in [0.3, 0.4) is 0 Å². The molecule has 0 spiro atoms. The van der Waals surface area contributed by atoms with E-state index >= 15 is 0 Å². The van der Waals surface area contributed by atoms with Gasteiger partial charge in [-0.05, 0) is 119 Å². The van der Waals surface area contributed by atoms with Crippen LogP contribution in [-0.2, 0) is 19.3 Å². The Labute approximate surface area is 295 Å². The van der Waals surface area contributed by atoms with Crippen molar-refractivity contribution in [1.29, 1.82) is 0 Å². The molecule has 0 aliphatic carbocycles. The average molecular weight is 660 g/mol. The third-order valence-electron chi connectivity index (χ3n) is 9.03. The van der Waals surface area contributed by atoms with Crippen LogP contribution in [-0.4, -0.2) is 48.3 Å². The number of nitrogens with one attached hydrogen (secondary N) is 2. The molecule has 260 valence electrons. The van der Waals surface area contributed by atoms with Crippen molar-refractivity contribution in [2.24, 2.45) is 0 Å². The van der Waals surface area contributed by atoms with Gasteiger partial charge in [-0.15, -0.1) is 0 Å². The zero-order valence-electron chi connectivity index (χ0n) is 30.3. The largest absolute Gasteiger partial charge is 0.493 e. The van der Waals surface area contributed by atoms with Gasteiger partial charge in [0.2, 0.25) is 0 Å². The zero-order valence-corrected chi connectivity index (χ0v) is 30.3. The molecule has 0 amide bonds. The number of anilines is 1. The number of hydrogen-bond donors (Lipinski definition) is 3. The highest BCUT2D eigenvalue weighted by Crippen LogP contribution is 2.30. The summed E-state index contributed by atoms with van der Waals surface area (Å²) in [7, 11) is 0. The summed E-state index contributed by atoms with van der Waals surface area (Å²) >= 11 is 0. The van der Waals surface area contributed by atoms with Crippen molar-refractivity contribution in [2.75, 3.05) is 31.6 Å². The molecule has 0 saturated carbocycles. The Kier molecular flexibility index (Phi) is 15.2. The summed E-state index contributed by atoms with van der Waals surface area (Å²) in [6, 6.07) is 34.4. The summed E-state index contributed by atoms with van der Waals surface area (Å²) in [6.07, 6.45) is 7.47. The summed E-state index contributed by atoms with van der Waals surface area (Å²) in [6.45, 7) is 18.4. The molecule has 4 aromatic carbocycles. The molecule has 0 fully saturated rings. The van der Waals surface area contributed by atoms with E-state index in [4.69, 9.17) is 4.74 Å². The van der Waals surface area contributed by atoms with Crippen molar-refractivity contribution < 1.29 is 9.84 Å². The zero-order chi connectivity index (χ0) is 35.0. The SMILES string of the molecule is C=C1C=Cc2c(cccc2C(O)CNCCc2ccc(OCCc3ccc(C)c(CCCN(C(C)C)C(C)C)c3)cc2)N1.c1ccccc1. The fourth-order valence-corrected chi connectivity index (χ4v) is 6.29. The van der Waals surface area contributed by atoms with Gasteiger partial charge >= 0.3 is 0 Å². The molecule has 5 rings (SSSR count). The number of ether oxygens (including phenoxy) is 1. The molecule has 1 heterocycles. The van der Waals surface area contributed by atoms with E-state index in [2.05, 4.69) is 99.2 Å². The third kappa shape index (κ3) is 12.3. The summed E-state index contributed by atoms with van der Waals surface area (Å²) in [5.41, 5.74) is 9.21. The Morgan fingerprint density at radius 2 is 1.47 bits per heavy atom. The first-order chi connectivity index (χ1) is 23.7. The lowest BCUT2D eigenvalue weighted by Gasteiger charge is -2.30. The van der Waals surface area contributed by atoms with Gasteiger partial charge in [0.05, 0.1) is 12.7 Å². The average Bonchev–Trinajstić information content (AvgIpc) is 3.10. The number of rotatable bonds is 16. The van der Waals surface area contributed by atoms with Crippen LogP contribution in [0.15, 0.2) is 115 Å². The second-order valence-electron chi connectivity index (χ2n) is 13.4. The lowest BCUT2D eigenvalue weighted by atomic mass is 9.97. The molecule has 0 saturated heterocycles. The van der Waals surface area contributed by atoms with Crippen molar-refractivity contribution in [3.05, 3.63) is 149 Å². The van der Waals surface area contributed by atoms with Gasteiger partial charge in [0.15, 0.2) is 0 Å². The second-order valence-corrected chi connectivity index (χ2v) is 13.4. The number of aliphatic hydroxyl groups excluding tert-OH is 1. The monoisotopic (exact) mass is 659 g/mol. The van der Waals surface area contributed by atoms with Crippen LogP contribution in [0.2, 0.25) is 0 Å². The quantitative estimate of drug-likeness (QED) is 0.105. The fourth-order valence-electron chi connectivity index (χ4n) is 6.29. The highest BCUT2D eigenvalue weighted by Gasteiger charge is 2.16. The third-order valence-corrected chi connectivity index (χ3v) is 9.03. The number of benzene rings is 4. The predicted octanol–water partition coefficient (Wildman–Crippen LogP) is 9.17. The molecular formula is C44H57N3O2. The lowest BCUT2D eigenvalue weighted by Crippen LogP contribution is -2.37. The van der Waals surface area contributed by atoms with E-state index in [1.807, 2.05) is 66.7 Å². The minimum atomic E-state index is -0.576. The van der Waals surface area contributed by atoms with Crippen LogP contribution in [0.4, 0.5) is 5.69 Å². The molecule has 1 aliphatic heterocycles. The Hall–Kier alpha value is -4.16. The van der Waals surface area contributed by atoms with Gasteiger partial charge in [0.1, 0.15) is 5.75 Å². The van der Waals surface area contributed by atoms with Crippen LogP contribution >= 0.6 is 0 Å². The molecular weight excluding hydrogens is 603 g/mol. The van der Waals surface area contributed by atoms with Crippen molar-refractivity contribution in [1.82, 2.24) is 10.2 Å². The predicted molar refractivity (Wildman–Crippen MR) is 208 cm³/mol. The van der Waals surface area contributed by atoms with Crippen LogP contribution in [0.5, 0.6) is 5.75 Å². The number of aryl methyl sites for hydroxylation is 2. The van der Waals surface area contributed by atoms with E-state index in [9.17, 15) is 5.11 Å². The maximum absolute atomic E-state index is 10.8. The molecule has 1 atom stereocenters. The van der Waals surface area contributed by atoms with Gasteiger partial charge in [-0.3, -0.25) is 4.90 Å². The molecule has 5 nitrogen and oxygen atoms in total. The van der Waals surface area contributed by atoms with Gasteiger partial charge in [-0.25, -0.2) is 0 Å². The summed E-state index contributed by atoms with van der Waals surface area (Å²) < 4.78 is 6.09. The van der Waals surface area contributed by atoms with Crippen LogP contribution in [0, 0.1) is 6.92 Å². The first kappa shape index (κ1) is 37.7. The van der Waals surface area contributed by atoms with Crippen molar-refractivity contribution in [3.63, 3.8) is 0 Å². The van der Waals surface area contributed by atoms with Crippen molar-refractivity contribution >= 4 is 11.8 Å². The molecule has 0 bridgehead atoms. The number of hydrogen-bond acceptors (Lipinski definition) is 5. The topological polar surface area (TPSA) is 56.8 Å². The Morgan fingerprint density at radius 1 is 0.796 bits per heavy atom. The molecule has 0 aromatic heterocycles. The molecule has 4 aromatic rings. The molecule has 1 unspecified atom stereocenters. The highest BCUT2D eigenvalue weighted by molar-refractivity contribution is 5.77. The van der Waals surface area contributed by atoms with Crippen LogP contribution in [0.1, 0.15) is 73.6 Å². The summed E-state index contributed by atoms with van der Waals surface area (Å²) in [5.74, 6) is 0.903. The summed E-state index contributed by atoms with van der Waals surface area (Å²) in [5, 5.41) is 17.5. The maximum Gasteiger partial charge on any atom is 0.119 e. The van der Waals surface area contributed by atoms with E-state index in [-0.39, 0.29) is 0 Å². The first-order valence-electron chi connectivity index (χ1n) is 17.9. The summed E-state index contributed by atoms with van der Waals surface area (Å²) in [4.78, 5) is 2.57. The minimum absolute atomic E-state index is 0.501. The van der Waals surface area contributed by atoms with E-state index < -0.39 is 6.10 Å². The number of aliphatic hydroxyl groups is 1. The molecule has 3 N–H and O–H groups in total. The second kappa shape index (κ2) is 19.7. The van der Waals surface area contributed by atoms with E-state index in [1.165, 1.54) is 28.7 Å². The fraction of sp³-hybridized carbons (Fsp3) is 0.364. The van der Waals surface area contributed by atoms with Crippen molar-refractivity contribution in [2.45, 2.75) is 78.5 Å². The Bertz CT molecular complexity index is 1560. The van der Waals surface area contributed by atoms with Gasteiger partial charge in [0, 0.05) is 42.0 Å². The molecule has 0 radical (unpaired) electrons. The standard InChI is InChI=1S/C38H51N3O2.C6H6/c1-27(2)41(28(3)4)23-8-9-33-25-32(14-12-29(33)5)21-24-43-34-17-15-31(16-18-34)20-22-39-26-38(42)36-10-7-11-37-35(36)19-13-30(6)40-37;1-2-4-6-5-3-1/h7,10-19,25,27-28,38-40,42H,6,8-9,20-24,26H2,1-5H3;1-6H. The van der Waals surface area contributed by atoms with Gasteiger partial charge in [-0.1, -0.05) is 91.5 Å². The van der Waals surface area contributed by atoms with Gasteiger partial charge in [-0.2, -0.15) is 0 Å². The smallest absolute Gasteiger partial charge is 0.119 e. The lowest BCUT2D eigenvalue weighted by molar-refractivity contribution is 0.173. The Morgan fingerprint density at radius 3 is 2.14 bits per heavy atom. The first-order valence-corrected chi connectivity index (χ1v) is 17.9. The number of fused-ring (bicyclic) bond motifs is 1.